The third-order valence-corrected chi connectivity index (χ3v) is 5.47. The molecule has 4 aromatic heterocycles. The molecule has 12 heteroatoms. The minimum atomic E-state index is -0.688. The van der Waals surface area contributed by atoms with Gasteiger partial charge < -0.3 is 25.2 Å². The first-order valence-electron chi connectivity index (χ1n) is 10.6. The van der Waals surface area contributed by atoms with Crippen LogP contribution in [0, 0.1) is 0 Å². The van der Waals surface area contributed by atoms with E-state index in [9.17, 15) is 9.90 Å². The molecule has 5 rings (SSSR count). The number of β-amino-alcohol motifs (C(OH)–C–C–N with tert-alkyl or cyclic N) is 1. The predicted molar refractivity (Wildman–Crippen MR) is 121 cm³/mol. The van der Waals surface area contributed by atoms with Crippen molar-refractivity contribution in [3.63, 3.8) is 0 Å². The number of aliphatic hydroxyl groups excluding tert-OH is 1. The smallest absolute Gasteiger partial charge is 0.248 e. The van der Waals surface area contributed by atoms with Crippen LogP contribution in [-0.2, 0) is 4.79 Å². The number of carbonyl (C=O) groups excluding carboxylic acids is 1. The molecular weight excluding hydrogens is 424 g/mol. The average Bonchev–Trinajstić information content (AvgIpc) is 3.53. The van der Waals surface area contributed by atoms with Gasteiger partial charge in [0.05, 0.1) is 18.6 Å². The van der Waals surface area contributed by atoms with Crippen molar-refractivity contribution in [1.29, 1.82) is 0 Å². The van der Waals surface area contributed by atoms with Gasteiger partial charge >= 0.3 is 0 Å². The van der Waals surface area contributed by atoms with Gasteiger partial charge in [0.15, 0.2) is 11.6 Å². The van der Waals surface area contributed by atoms with Crippen molar-refractivity contribution < 1.29 is 9.90 Å². The maximum absolute atomic E-state index is 13.0. The van der Waals surface area contributed by atoms with Crippen LogP contribution in [0.1, 0.15) is 26.3 Å². The molecule has 0 saturated carbocycles. The van der Waals surface area contributed by atoms with Gasteiger partial charge in [-0.3, -0.25) is 14.2 Å². The highest BCUT2D eigenvalue weighted by Crippen LogP contribution is 2.27. The number of rotatable bonds is 6. The molecule has 0 aliphatic carbocycles. The van der Waals surface area contributed by atoms with Crippen LogP contribution in [0.4, 0.5) is 23.5 Å². The van der Waals surface area contributed by atoms with Crippen molar-refractivity contribution in [2.45, 2.75) is 38.5 Å². The number of anilines is 4. The summed E-state index contributed by atoms with van der Waals surface area (Å²) in [6.45, 7) is 4.38. The van der Waals surface area contributed by atoms with E-state index >= 15 is 0 Å². The van der Waals surface area contributed by atoms with E-state index in [4.69, 9.17) is 0 Å². The zero-order chi connectivity index (χ0) is 22.9. The molecular formula is C21H24N10O2. The molecule has 0 bridgehead atoms. The SMILES string of the molecule is CC(C)n1cnc(Nc2nc(N3C[C@@H](O)C[C@H]3C(=O)Nc3cnccn3)nc3cccn23)c1. The number of fused-ring (bicyclic) bond motifs is 1. The van der Waals surface area contributed by atoms with E-state index < -0.39 is 12.1 Å². The molecule has 3 N–H and O–H groups in total. The highest BCUT2D eigenvalue weighted by molar-refractivity contribution is 5.96. The summed E-state index contributed by atoms with van der Waals surface area (Å²) in [4.78, 5) is 36.4. The van der Waals surface area contributed by atoms with Gasteiger partial charge in [-0.05, 0) is 26.0 Å². The van der Waals surface area contributed by atoms with Gasteiger partial charge in [0, 0.05) is 43.8 Å². The van der Waals surface area contributed by atoms with E-state index in [2.05, 4.69) is 49.4 Å². The molecule has 0 aromatic carbocycles. The second kappa shape index (κ2) is 8.47. The van der Waals surface area contributed by atoms with Crippen LogP contribution >= 0.6 is 0 Å². The van der Waals surface area contributed by atoms with Crippen LogP contribution in [0.25, 0.3) is 5.65 Å². The highest BCUT2D eigenvalue weighted by atomic mass is 16.3. The molecule has 1 aliphatic heterocycles. The number of hydrogen-bond donors (Lipinski definition) is 3. The standard InChI is InChI=1S/C21H24N10O2/c1-13(2)29-11-17(24-12-29)26-20-28-21(27-18-4-3-7-30(18)20)31-10-14(32)8-15(31)19(33)25-16-9-22-5-6-23-16/h3-7,9,11-15,32H,8,10H2,1-2H3,(H,23,25,33)(H,26,27,28)/t14-,15-/m0/s1. The van der Waals surface area contributed by atoms with E-state index in [0.29, 0.717) is 29.2 Å². The Morgan fingerprint density at radius 2 is 2.09 bits per heavy atom. The largest absolute Gasteiger partial charge is 0.391 e. The molecule has 4 aromatic rings. The van der Waals surface area contributed by atoms with Crippen molar-refractivity contribution >= 4 is 35.1 Å². The van der Waals surface area contributed by atoms with Crippen molar-refractivity contribution in [1.82, 2.24) is 33.9 Å². The fourth-order valence-corrected chi connectivity index (χ4v) is 3.79. The topological polar surface area (TPSA) is 138 Å². The normalized spacial score (nSPS) is 18.2. The van der Waals surface area contributed by atoms with Gasteiger partial charge in [-0.2, -0.15) is 9.97 Å². The van der Waals surface area contributed by atoms with Crippen molar-refractivity contribution in [2.75, 3.05) is 22.1 Å². The monoisotopic (exact) mass is 448 g/mol. The molecule has 0 spiro atoms. The Hall–Kier alpha value is -4.06. The molecule has 1 amide bonds. The molecule has 1 fully saturated rings. The van der Waals surface area contributed by atoms with Crippen LogP contribution in [0.15, 0.2) is 49.4 Å². The summed E-state index contributed by atoms with van der Waals surface area (Å²) < 4.78 is 3.79. The van der Waals surface area contributed by atoms with Crippen molar-refractivity contribution in [2.24, 2.45) is 0 Å². The molecule has 0 unspecified atom stereocenters. The second-order valence-corrected chi connectivity index (χ2v) is 8.15. The molecule has 1 aliphatic rings. The predicted octanol–water partition coefficient (Wildman–Crippen LogP) is 1.62. The first kappa shape index (κ1) is 20.8. The molecule has 0 radical (unpaired) electrons. The number of carbonyl (C=O) groups is 1. The van der Waals surface area contributed by atoms with Crippen LogP contribution in [0.2, 0.25) is 0 Å². The van der Waals surface area contributed by atoms with Gasteiger partial charge in [-0.1, -0.05) is 0 Å². The van der Waals surface area contributed by atoms with Crippen LogP contribution in [-0.4, -0.2) is 63.6 Å². The maximum Gasteiger partial charge on any atom is 0.248 e. The first-order valence-corrected chi connectivity index (χ1v) is 10.6. The fourth-order valence-electron chi connectivity index (χ4n) is 3.79. The molecule has 5 heterocycles. The zero-order valence-electron chi connectivity index (χ0n) is 18.2. The lowest BCUT2D eigenvalue weighted by Gasteiger charge is -2.24. The summed E-state index contributed by atoms with van der Waals surface area (Å²) in [6, 6.07) is 3.33. The molecule has 33 heavy (non-hydrogen) atoms. The second-order valence-electron chi connectivity index (χ2n) is 8.15. The third-order valence-electron chi connectivity index (χ3n) is 5.47. The maximum atomic E-state index is 13.0. The van der Waals surface area contributed by atoms with E-state index in [1.165, 1.54) is 18.6 Å². The van der Waals surface area contributed by atoms with E-state index in [1.54, 1.807) is 15.6 Å². The Morgan fingerprint density at radius 1 is 1.21 bits per heavy atom. The summed E-state index contributed by atoms with van der Waals surface area (Å²) >= 11 is 0. The highest BCUT2D eigenvalue weighted by Gasteiger charge is 2.38. The molecule has 170 valence electrons. The number of nitrogens with zero attached hydrogens (tertiary/aromatic N) is 8. The number of nitrogens with one attached hydrogen (secondary N) is 2. The molecule has 1 saturated heterocycles. The zero-order valence-corrected chi connectivity index (χ0v) is 18.2. The quantitative estimate of drug-likeness (QED) is 0.401. The minimum Gasteiger partial charge on any atom is -0.391 e. The van der Waals surface area contributed by atoms with Gasteiger partial charge in [-0.25, -0.2) is 9.97 Å². The van der Waals surface area contributed by atoms with Crippen LogP contribution in [0.3, 0.4) is 0 Å². The van der Waals surface area contributed by atoms with Crippen LogP contribution < -0.4 is 15.5 Å². The summed E-state index contributed by atoms with van der Waals surface area (Å²) in [6.07, 6.45) is 9.56. The minimum absolute atomic E-state index is 0.233. The number of aliphatic hydroxyl groups is 1. The first-order chi connectivity index (χ1) is 16.0. The van der Waals surface area contributed by atoms with E-state index in [1.807, 2.05) is 29.1 Å². The van der Waals surface area contributed by atoms with Gasteiger partial charge in [0.25, 0.3) is 0 Å². The van der Waals surface area contributed by atoms with Gasteiger partial charge in [0.1, 0.15) is 11.7 Å². The number of amides is 1. The van der Waals surface area contributed by atoms with Crippen molar-refractivity contribution in [3.8, 4) is 0 Å². The fraction of sp³-hybridized carbons (Fsp3) is 0.333. The Morgan fingerprint density at radius 3 is 2.85 bits per heavy atom. The lowest BCUT2D eigenvalue weighted by atomic mass is 10.2. The van der Waals surface area contributed by atoms with E-state index in [-0.39, 0.29) is 24.9 Å². The average molecular weight is 448 g/mol. The number of hydrogen-bond acceptors (Lipinski definition) is 9. The Bertz CT molecular complexity index is 1270. The summed E-state index contributed by atoms with van der Waals surface area (Å²) in [5, 5.41) is 16.3. The number of aromatic nitrogens is 7. The summed E-state index contributed by atoms with van der Waals surface area (Å²) in [7, 11) is 0. The lowest BCUT2D eigenvalue weighted by Crippen LogP contribution is -2.41. The number of imidazole rings is 1. The summed E-state index contributed by atoms with van der Waals surface area (Å²) in [5.41, 5.74) is 0.653. The third kappa shape index (κ3) is 4.20. The van der Waals surface area contributed by atoms with E-state index in [0.717, 1.165) is 0 Å². The summed E-state index contributed by atoms with van der Waals surface area (Å²) in [5.74, 6) is 1.51. The van der Waals surface area contributed by atoms with Gasteiger partial charge in [-0.15, -0.1) is 0 Å². The lowest BCUT2D eigenvalue weighted by molar-refractivity contribution is -0.117. The molecule has 2 atom stereocenters. The Balaban J connectivity index is 1.45. The molecule has 12 nitrogen and oxygen atoms in total. The Kier molecular flexibility index (Phi) is 5.34. The van der Waals surface area contributed by atoms with Gasteiger partial charge in [0.2, 0.25) is 17.8 Å². The van der Waals surface area contributed by atoms with Crippen LogP contribution in [0.5, 0.6) is 0 Å². The van der Waals surface area contributed by atoms with Crippen molar-refractivity contribution in [3.05, 3.63) is 49.4 Å². The Labute approximate surface area is 189 Å².